The molecule has 1 atom stereocenters. The van der Waals surface area contributed by atoms with Gasteiger partial charge in [-0.05, 0) is 37.0 Å². The summed E-state index contributed by atoms with van der Waals surface area (Å²) in [7, 11) is 0. The van der Waals surface area contributed by atoms with E-state index in [2.05, 4.69) is 0 Å². The Hall–Kier alpha value is -2.14. The maximum absolute atomic E-state index is 12.0. The number of ketones is 2. The minimum absolute atomic E-state index is 0.214. The van der Waals surface area contributed by atoms with Crippen molar-refractivity contribution in [3.63, 3.8) is 0 Å². The van der Waals surface area contributed by atoms with E-state index in [0.717, 1.165) is 10.5 Å². The first-order valence-corrected chi connectivity index (χ1v) is 7.53. The van der Waals surface area contributed by atoms with Crippen molar-refractivity contribution in [2.24, 2.45) is 5.92 Å². The summed E-state index contributed by atoms with van der Waals surface area (Å²) < 4.78 is 4.82. The molecular formula is C16H14O4S. The zero-order valence-electron chi connectivity index (χ0n) is 11.7. The molecule has 0 fully saturated rings. The summed E-state index contributed by atoms with van der Waals surface area (Å²) in [5.74, 6) is -3.08. The van der Waals surface area contributed by atoms with E-state index < -0.39 is 23.5 Å². The SMILES string of the molecule is CSc1ccc(/C=C/C(=O)[C@@H]2C(=O)C=C(C)OC2=O)cc1. The first kappa shape index (κ1) is 15.3. The van der Waals surface area contributed by atoms with E-state index in [1.54, 1.807) is 17.8 Å². The van der Waals surface area contributed by atoms with Gasteiger partial charge in [0.1, 0.15) is 5.76 Å². The average Bonchev–Trinajstić information content (AvgIpc) is 2.44. The second-order valence-corrected chi connectivity index (χ2v) is 5.40. The lowest BCUT2D eigenvalue weighted by Crippen LogP contribution is -2.34. The Kier molecular flexibility index (Phi) is 4.75. The number of benzene rings is 1. The van der Waals surface area contributed by atoms with Gasteiger partial charge in [0, 0.05) is 11.0 Å². The Balaban J connectivity index is 2.11. The van der Waals surface area contributed by atoms with Crippen LogP contribution in [0.1, 0.15) is 12.5 Å². The quantitative estimate of drug-likeness (QED) is 0.370. The zero-order chi connectivity index (χ0) is 15.4. The standard InChI is InChI=1S/C16H14O4S/c1-10-9-14(18)15(16(19)20-10)13(17)8-5-11-3-6-12(21-2)7-4-11/h3-9,15H,1-2H3/b8-5+/t15-/m1/s1. The van der Waals surface area contributed by atoms with Crippen molar-refractivity contribution < 1.29 is 19.1 Å². The van der Waals surface area contributed by atoms with Crippen LogP contribution >= 0.6 is 11.8 Å². The van der Waals surface area contributed by atoms with Crippen molar-refractivity contribution in [1.29, 1.82) is 0 Å². The number of cyclic esters (lactones) is 1. The predicted molar refractivity (Wildman–Crippen MR) is 80.6 cm³/mol. The van der Waals surface area contributed by atoms with E-state index in [-0.39, 0.29) is 5.76 Å². The highest BCUT2D eigenvalue weighted by Crippen LogP contribution is 2.18. The fourth-order valence-corrected chi connectivity index (χ4v) is 2.30. The van der Waals surface area contributed by atoms with E-state index in [0.29, 0.717) is 0 Å². The van der Waals surface area contributed by atoms with Gasteiger partial charge in [-0.3, -0.25) is 14.4 Å². The summed E-state index contributed by atoms with van der Waals surface area (Å²) in [6.07, 6.45) is 5.97. The van der Waals surface area contributed by atoms with Gasteiger partial charge in [-0.1, -0.05) is 18.2 Å². The molecule has 0 aromatic heterocycles. The number of thioether (sulfide) groups is 1. The number of rotatable bonds is 4. The highest BCUT2D eigenvalue weighted by atomic mass is 32.2. The molecule has 1 aliphatic rings. The molecule has 0 amide bonds. The third kappa shape index (κ3) is 3.70. The fraction of sp³-hybridized carbons (Fsp3) is 0.188. The third-order valence-electron chi connectivity index (χ3n) is 2.97. The van der Waals surface area contributed by atoms with Gasteiger partial charge in [0.25, 0.3) is 0 Å². The van der Waals surface area contributed by atoms with Crippen molar-refractivity contribution >= 4 is 35.4 Å². The van der Waals surface area contributed by atoms with E-state index in [1.807, 2.05) is 30.5 Å². The molecule has 1 heterocycles. The molecule has 1 aromatic carbocycles. The van der Waals surface area contributed by atoms with Crippen LogP contribution in [0.3, 0.4) is 0 Å². The Morgan fingerprint density at radius 3 is 2.48 bits per heavy atom. The second kappa shape index (κ2) is 6.54. The molecule has 0 saturated heterocycles. The van der Waals surface area contributed by atoms with Gasteiger partial charge >= 0.3 is 5.97 Å². The van der Waals surface area contributed by atoms with Crippen molar-refractivity contribution in [1.82, 2.24) is 0 Å². The number of carbonyl (C=O) groups excluding carboxylic acids is 3. The molecule has 0 bridgehead atoms. The lowest BCUT2D eigenvalue weighted by Gasteiger charge is -2.15. The van der Waals surface area contributed by atoms with Crippen LogP contribution in [0.25, 0.3) is 6.08 Å². The van der Waals surface area contributed by atoms with Crippen LogP contribution in [0.5, 0.6) is 0 Å². The molecular weight excluding hydrogens is 288 g/mol. The molecule has 1 aliphatic heterocycles. The number of hydrogen-bond donors (Lipinski definition) is 0. The molecule has 1 aromatic rings. The molecule has 0 radical (unpaired) electrons. The second-order valence-electron chi connectivity index (χ2n) is 4.52. The van der Waals surface area contributed by atoms with Gasteiger partial charge in [0.2, 0.25) is 0 Å². The van der Waals surface area contributed by atoms with Gasteiger partial charge in [-0.25, -0.2) is 0 Å². The van der Waals surface area contributed by atoms with Crippen molar-refractivity contribution in [2.45, 2.75) is 11.8 Å². The molecule has 0 aliphatic carbocycles. The Morgan fingerprint density at radius 2 is 1.90 bits per heavy atom. The van der Waals surface area contributed by atoms with Crippen LogP contribution in [0.4, 0.5) is 0 Å². The highest BCUT2D eigenvalue weighted by Gasteiger charge is 2.36. The number of hydrogen-bond acceptors (Lipinski definition) is 5. The van der Waals surface area contributed by atoms with E-state index in [9.17, 15) is 14.4 Å². The van der Waals surface area contributed by atoms with Crippen LogP contribution in [-0.4, -0.2) is 23.8 Å². The molecule has 0 spiro atoms. The van der Waals surface area contributed by atoms with Crippen molar-refractivity contribution in [3.8, 4) is 0 Å². The lowest BCUT2D eigenvalue weighted by atomic mass is 9.96. The summed E-state index contributed by atoms with van der Waals surface area (Å²) in [6, 6.07) is 7.59. The van der Waals surface area contributed by atoms with Gasteiger partial charge in [-0.15, -0.1) is 11.8 Å². The molecule has 21 heavy (non-hydrogen) atoms. The van der Waals surface area contributed by atoms with E-state index >= 15 is 0 Å². The van der Waals surface area contributed by atoms with Crippen LogP contribution in [0.15, 0.2) is 47.1 Å². The average molecular weight is 302 g/mol. The third-order valence-corrected chi connectivity index (χ3v) is 3.71. The van der Waals surface area contributed by atoms with Crippen LogP contribution in [-0.2, 0) is 19.1 Å². The van der Waals surface area contributed by atoms with E-state index in [4.69, 9.17) is 4.74 Å². The maximum Gasteiger partial charge on any atom is 0.329 e. The molecule has 108 valence electrons. The van der Waals surface area contributed by atoms with E-state index in [1.165, 1.54) is 19.1 Å². The Bertz CT molecular complexity index is 641. The summed E-state index contributed by atoms with van der Waals surface area (Å²) in [6.45, 7) is 1.50. The van der Waals surface area contributed by atoms with Gasteiger partial charge in [0.05, 0.1) is 0 Å². The molecule has 2 rings (SSSR count). The largest absolute Gasteiger partial charge is 0.430 e. The predicted octanol–water partition coefficient (Wildman–Crippen LogP) is 2.64. The van der Waals surface area contributed by atoms with Crippen LogP contribution in [0, 0.1) is 5.92 Å². The highest BCUT2D eigenvalue weighted by molar-refractivity contribution is 7.98. The van der Waals surface area contributed by atoms with Crippen molar-refractivity contribution in [2.75, 3.05) is 6.26 Å². The Labute approximate surface area is 126 Å². The molecule has 0 unspecified atom stereocenters. The summed E-state index contributed by atoms with van der Waals surface area (Å²) >= 11 is 1.62. The normalized spacial score (nSPS) is 18.6. The molecule has 0 N–H and O–H groups in total. The number of esters is 1. The number of allylic oxidation sites excluding steroid dienone is 3. The molecule has 5 heteroatoms. The summed E-state index contributed by atoms with van der Waals surface area (Å²) in [5, 5.41) is 0. The molecule has 4 nitrogen and oxygen atoms in total. The maximum atomic E-state index is 12.0. The summed E-state index contributed by atoms with van der Waals surface area (Å²) in [4.78, 5) is 36.4. The topological polar surface area (TPSA) is 60.4 Å². The Morgan fingerprint density at radius 1 is 1.24 bits per heavy atom. The fourth-order valence-electron chi connectivity index (χ4n) is 1.89. The van der Waals surface area contributed by atoms with Crippen molar-refractivity contribution in [3.05, 3.63) is 47.7 Å². The number of carbonyl (C=O) groups is 3. The number of ether oxygens (including phenoxy) is 1. The molecule has 0 saturated carbocycles. The minimum Gasteiger partial charge on any atom is -0.430 e. The first-order chi connectivity index (χ1) is 10.0. The van der Waals surface area contributed by atoms with Crippen LogP contribution in [0.2, 0.25) is 0 Å². The van der Waals surface area contributed by atoms with Gasteiger partial charge in [0.15, 0.2) is 17.5 Å². The summed E-state index contributed by atoms with van der Waals surface area (Å²) in [5.41, 5.74) is 0.824. The van der Waals surface area contributed by atoms with Gasteiger partial charge in [-0.2, -0.15) is 0 Å². The zero-order valence-corrected chi connectivity index (χ0v) is 12.5. The monoisotopic (exact) mass is 302 g/mol. The lowest BCUT2D eigenvalue weighted by molar-refractivity contribution is -0.151. The first-order valence-electron chi connectivity index (χ1n) is 6.31. The smallest absolute Gasteiger partial charge is 0.329 e. The van der Waals surface area contributed by atoms with Gasteiger partial charge < -0.3 is 4.74 Å². The minimum atomic E-state index is -1.38. The van der Waals surface area contributed by atoms with Crippen LogP contribution < -0.4 is 0 Å².